The van der Waals surface area contributed by atoms with Crippen molar-refractivity contribution in [3.63, 3.8) is 0 Å². The van der Waals surface area contributed by atoms with E-state index in [1.54, 1.807) is 0 Å². The SMILES string of the molecule is CC1CCCC(NC(=O)c2cc(F)ccc2O)CC1. The van der Waals surface area contributed by atoms with Crippen LogP contribution < -0.4 is 5.32 Å². The molecule has 1 saturated carbocycles. The number of phenols is 1. The van der Waals surface area contributed by atoms with Crippen molar-refractivity contribution in [1.82, 2.24) is 5.32 Å². The lowest BCUT2D eigenvalue weighted by Gasteiger charge is -2.16. The fourth-order valence-electron chi connectivity index (χ4n) is 2.58. The largest absolute Gasteiger partial charge is 0.507 e. The third kappa shape index (κ3) is 3.69. The Kier molecular flexibility index (Phi) is 4.40. The number of rotatable bonds is 2. The minimum atomic E-state index is -0.516. The first-order valence-electron chi connectivity index (χ1n) is 6.85. The van der Waals surface area contributed by atoms with Crippen LogP contribution in [0, 0.1) is 11.7 Å². The number of hydrogen-bond acceptors (Lipinski definition) is 2. The molecule has 2 N–H and O–H groups in total. The molecule has 2 rings (SSSR count). The molecule has 2 atom stereocenters. The van der Waals surface area contributed by atoms with Gasteiger partial charge in [0.25, 0.3) is 5.91 Å². The second-order valence-electron chi connectivity index (χ2n) is 5.45. The van der Waals surface area contributed by atoms with E-state index in [0.29, 0.717) is 5.92 Å². The molecule has 1 amide bonds. The number of aromatic hydroxyl groups is 1. The second-order valence-corrected chi connectivity index (χ2v) is 5.45. The number of nitrogens with one attached hydrogen (secondary N) is 1. The Labute approximate surface area is 112 Å². The number of hydrogen-bond donors (Lipinski definition) is 2. The van der Waals surface area contributed by atoms with E-state index in [1.807, 2.05) is 0 Å². The van der Waals surface area contributed by atoms with Gasteiger partial charge in [0, 0.05) is 6.04 Å². The highest BCUT2D eigenvalue weighted by Crippen LogP contribution is 2.24. The Balaban J connectivity index is 2.02. The van der Waals surface area contributed by atoms with Crippen LogP contribution in [0.15, 0.2) is 18.2 Å². The normalized spacial score (nSPS) is 23.7. The molecule has 1 aromatic carbocycles. The van der Waals surface area contributed by atoms with E-state index in [0.717, 1.165) is 37.8 Å². The van der Waals surface area contributed by atoms with Gasteiger partial charge in [-0.2, -0.15) is 0 Å². The van der Waals surface area contributed by atoms with E-state index < -0.39 is 11.7 Å². The molecule has 1 aliphatic rings. The Morgan fingerprint density at radius 3 is 2.89 bits per heavy atom. The molecule has 1 fully saturated rings. The lowest BCUT2D eigenvalue weighted by atomic mass is 10.0. The molecule has 104 valence electrons. The zero-order valence-electron chi connectivity index (χ0n) is 11.2. The Morgan fingerprint density at radius 2 is 2.11 bits per heavy atom. The monoisotopic (exact) mass is 265 g/mol. The summed E-state index contributed by atoms with van der Waals surface area (Å²) in [6.07, 6.45) is 5.29. The zero-order valence-corrected chi connectivity index (χ0v) is 11.2. The van der Waals surface area contributed by atoms with Crippen LogP contribution in [0.1, 0.15) is 49.4 Å². The third-order valence-corrected chi connectivity index (χ3v) is 3.80. The van der Waals surface area contributed by atoms with Gasteiger partial charge in [-0.05, 0) is 43.4 Å². The molecule has 0 radical (unpaired) electrons. The van der Waals surface area contributed by atoms with E-state index >= 15 is 0 Å². The van der Waals surface area contributed by atoms with Crippen LogP contribution in [0.3, 0.4) is 0 Å². The van der Waals surface area contributed by atoms with Crippen molar-refractivity contribution in [3.8, 4) is 5.75 Å². The van der Waals surface area contributed by atoms with Crippen LogP contribution in [-0.2, 0) is 0 Å². The van der Waals surface area contributed by atoms with Crippen LogP contribution in [-0.4, -0.2) is 17.1 Å². The average molecular weight is 265 g/mol. The van der Waals surface area contributed by atoms with Gasteiger partial charge in [-0.15, -0.1) is 0 Å². The van der Waals surface area contributed by atoms with Crippen LogP contribution >= 0.6 is 0 Å². The minimum absolute atomic E-state index is 0.0114. The maximum Gasteiger partial charge on any atom is 0.255 e. The molecule has 3 nitrogen and oxygen atoms in total. The lowest BCUT2D eigenvalue weighted by molar-refractivity contribution is 0.0930. The van der Waals surface area contributed by atoms with Crippen molar-refractivity contribution in [1.29, 1.82) is 0 Å². The molecule has 0 heterocycles. The van der Waals surface area contributed by atoms with Gasteiger partial charge in [0.15, 0.2) is 0 Å². The summed E-state index contributed by atoms with van der Waals surface area (Å²) < 4.78 is 13.1. The van der Waals surface area contributed by atoms with Crippen LogP contribution in [0.5, 0.6) is 5.75 Å². The molecular weight excluding hydrogens is 245 g/mol. The summed E-state index contributed by atoms with van der Waals surface area (Å²) in [7, 11) is 0. The van der Waals surface area contributed by atoms with Crippen molar-refractivity contribution in [2.75, 3.05) is 0 Å². The average Bonchev–Trinajstić information content (AvgIpc) is 2.57. The molecule has 0 spiro atoms. The van der Waals surface area contributed by atoms with Gasteiger partial charge in [-0.3, -0.25) is 4.79 Å². The fraction of sp³-hybridized carbons (Fsp3) is 0.533. The quantitative estimate of drug-likeness (QED) is 0.807. The van der Waals surface area contributed by atoms with Gasteiger partial charge in [0.05, 0.1) is 5.56 Å². The first-order chi connectivity index (χ1) is 9.06. The number of benzene rings is 1. The number of phenolic OH excluding ortho intramolecular Hbond substituents is 1. The molecule has 19 heavy (non-hydrogen) atoms. The van der Waals surface area contributed by atoms with Crippen molar-refractivity contribution in [2.45, 2.75) is 45.1 Å². The maximum absolute atomic E-state index is 13.1. The van der Waals surface area contributed by atoms with Crippen molar-refractivity contribution < 1.29 is 14.3 Å². The summed E-state index contributed by atoms with van der Waals surface area (Å²) in [5, 5.41) is 12.5. The molecule has 2 unspecified atom stereocenters. The maximum atomic E-state index is 13.1. The second kappa shape index (κ2) is 6.04. The first kappa shape index (κ1) is 13.8. The van der Waals surface area contributed by atoms with E-state index in [4.69, 9.17) is 0 Å². The predicted octanol–water partition coefficient (Wildman–Crippen LogP) is 3.23. The Hall–Kier alpha value is -1.58. The standard InChI is InChI=1S/C15H20FNO2/c1-10-3-2-4-12(7-5-10)17-15(19)13-9-11(16)6-8-14(13)18/h6,8-10,12,18H,2-5,7H2,1H3,(H,17,19). The summed E-state index contributed by atoms with van der Waals surface area (Å²) in [5.74, 6) is -0.389. The predicted molar refractivity (Wildman–Crippen MR) is 71.6 cm³/mol. The summed E-state index contributed by atoms with van der Waals surface area (Å²) in [6.45, 7) is 2.22. The lowest BCUT2D eigenvalue weighted by Crippen LogP contribution is -2.34. The van der Waals surface area contributed by atoms with Gasteiger partial charge < -0.3 is 10.4 Å². The van der Waals surface area contributed by atoms with E-state index in [9.17, 15) is 14.3 Å². The van der Waals surface area contributed by atoms with Crippen molar-refractivity contribution >= 4 is 5.91 Å². The van der Waals surface area contributed by atoms with Crippen LogP contribution in [0.4, 0.5) is 4.39 Å². The summed E-state index contributed by atoms with van der Waals surface area (Å²) in [6, 6.07) is 3.54. The van der Waals surface area contributed by atoms with Crippen LogP contribution in [0.2, 0.25) is 0 Å². The molecule has 0 aliphatic heterocycles. The molecule has 0 saturated heterocycles. The smallest absolute Gasteiger partial charge is 0.255 e. The van der Waals surface area contributed by atoms with Crippen molar-refractivity contribution in [2.24, 2.45) is 5.92 Å². The molecule has 4 heteroatoms. The Morgan fingerprint density at radius 1 is 1.32 bits per heavy atom. The van der Waals surface area contributed by atoms with E-state index in [1.165, 1.54) is 12.5 Å². The summed E-state index contributed by atoms with van der Waals surface area (Å²) in [5.41, 5.74) is 0.0114. The summed E-state index contributed by atoms with van der Waals surface area (Å²) >= 11 is 0. The van der Waals surface area contributed by atoms with Gasteiger partial charge in [0.2, 0.25) is 0 Å². The van der Waals surface area contributed by atoms with Gasteiger partial charge in [-0.25, -0.2) is 4.39 Å². The highest BCUT2D eigenvalue weighted by Gasteiger charge is 2.20. The van der Waals surface area contributed by atoms with Crippen molar-refractivity contribution in [3.05, 3.63) is 29.6 Å². The fourth-order valence-corrected chi connectivity index (χ4v) is 2.58. The number of amides is 1. The Bertz CT molecular complexity index is 461. The van der Waals surface area contributed by atoms with E-state index in [2.05, 4.69) is 12.2 Å². The number of halogens is 1. The van der Waals surface area contributed by atoms with Crippen LogP contribution in [0.25, 0.3) is 0 Å². The van der Waals surface area contributed by atoms with E-state index in [-0.39, 0.29) is 17.4 Å². The highest BCUT2D eigenvalue weighted by molar-refractivity contribution is 5.96. The van der Waals surface area contributed by atoms with Gasteiger partial charge in [-0.1, -0.05) is 19.8 Å². The third-order valence-electron chi connectivity index (χ3n) is 3.80. The molecule has 1 aliphatic carbocycles. The molecular formula is C15H20FNO2. The highest BCUT2D eigenvalue weighted by atomic mass is 19.1. The topological polar surface area (TPSA) is 49.3 Å². The molecule has 0 bridgehead atoms. The zero-order chi connectivity index (χ0) is 13.8. The first-order valence-corrected chi connectivity index (χ1v) is 6.85. The van der Waals surface area contributed by atoms with Gasteiger partial charge in [0.1, 0.15) is 11.6 Å². The number of carbonyl (C=O) groups is 1. The summed E-state index contributed by atoms with van der Waals surface area (Å²) in [4.78, 5) is 12.0. The minimum Gasteiger partial charge on any atom is -0.507 e. The molecule has 1 aromatic rings. The van der Waals surface area contributed by atoms with Gasteiger partial charge >= 0.3 is 0 Å². The number of carbonyl (C=O) groups excluding carboxylic acids is 1. The molecule has 0 aromatic heterocycles.